The number of alkyl halides is 6. The van der Waals surface area contributed by atoms with Gasteiger partial charge in [0.15, 0.2) is 0 Å². The molecule has 3 heterocycles. The largest absolute Gasteiger partial charge is 0.439 e. The number of halogens is 6. The second-order valence-corrected chi connectivity index (χ2v) is 10.8. The summed E-state index contributed by atoms with van der Waals surface area (Å²) in [4.78, 5) is 21.4. The van der Waals surface area contributed by atoms with Crippen molar-refractivity contribution in [1.82, 2.24) is 20.1 Å². The van der Waals surface area contributed by atoms with E-state index in [9.17, 15) is 31.1 Å². The predicted molar refractivity (Wildman–Crippen MR) is 142 cm³/mol. The summed E-state index contributed by atoms with van der Waals surface area (Å²) in [7, 11) is 0. The molecule has 1 amide bonds. The number of aromatic amines is 1. The maximum atomic E-state index is 13.5. The molecule has 1 saturated carbocycles. The number of cyclic esters (lactones) is 1. The van der Waals surface area contributed by atoms with E-state index in [4.69, 9.17) is 9.72 Å². The minimum absolute atomic E-state index is 0.00116. The molecule has 7 nitrogen and oxygen atoms in total. The molecule has 1 unspecified atom stereocenters. The molecule has 5 rings (SSSR count). The van der Waals surface area contributed by atoms with Crippen LogP contribution in [0, 0.1) is 0 Å². The highest BCUT2D eigenvalue weighted by Crippen LogP contribution is 2.42. The molecular formula is C29H31F6N5O2. The molecule has 0 radical (unpaired) electrons. The molecule has 226 valence electrons. The van der Waals surface area contributed by atoms with E-state index in [2.05, 4.69) is 15.1 Å². The first-order valence-corrected chi connectivity index (χ1v) is 13.9. The molecule has 0 spiro atoms. The van der Waals surface area contributed by atoms with Crippen molar-refractivity contribution in [1.29, 1.82) is 0 Å². The maximum Gasteiger partial charge on any atom is 0.416 e. The molecule has 2 aromatic heterocycles. The molecule has 3 aromatic rings. The average molecular weight is 596 g/mol. The van der Waals surface area contributed by atoms with Crippen LogP contribution >= 0.6 is 0 Å². The lowest BCUT2D eigenvalue weighted by molar-refractivity contribution is -0.143. The fourth-order valence-electron chi connectivity index (χ4n) is 5.90. The highest BCUT2D eigenvalue weighted by molar-refractivity contribution is 5.72. The van der Waals surface area contributed by atoms with Gasteiger partial charge in [-0.3, -0.25) is 10.00 Å². The fraction of sp³-hybridized carbons (Fsp3) is 0.483. The number of H-pyrrole nitrogens is 1. The van der Waals surface area contributed by atoms with Gasteiger partial charge < -0.3 is 9.64 Å². The van der Waals surface area contributed by atoms with Gasteiger partial charge in [-0.1, -0.05) is 19.3 Å². The average Bonchev–Trinajstić information content (AvgIpc) is 3.58. The van der Waals surface area contributed by atoms with Crippen LogP contribution in [0.1, 0.15) is 74.3 Å². The summed E-state index contributed by atoms with van der Waals surface area (Å²) in [5, 5.41) is 6.74. The van der Waals surface area contributed by atoms with Crippen LogP contribution in [0.15, 0.2) is 42.9 Å². The maximum absolute atomic E-state index is 13.5. The number of benzene rings is 1. The van der Waals surface area contributed by atoms with Crippen molar-refractivity contribution >= 4 is 11.9 Å². The first-order chi connectivity index (χ1) is 19.9. The molecular weight excluding hydrogens is 564 g/mol. The number of carbonyl (C=O) groups excluding carboxylic acids is 1. The number of ether oxygens (including phenoxy) is 1. The quantitative estimate of drug-likeness (QED) is 0.283. The molecule has 1 aliphatic carbocycles. The molecule has 2 aliphatic rings. The Kier molecular flexibility index (Phi) is 8.13. The Labute approximate surface area is 238 Å². The van der Waals surface area contributed by atoms with Gasteiger partial charge in [0.2, 0.25) is 0 Å². The van der Waals surface area contributed by atoms with Crippen molar-refractivity contribution in [3.63, 3.8) is 0 Å². The highest BCUT2D eigenvalue weighted by atomic mass is 19.4. The van der Waals surface area contributed by atoms with Gasteiger partial charge in [0.1, 0.15) is 11.9 Å². The Morgan fingerprint density at radius 2 is 1.64 bits per heavy atom. The SMILES string of the molecule is CCN(c1ncc(-c2cn[nH]c2)cc1CN1C(=O)OC(c2cc(C(F)(F)F)cc(C(F)(F)F)c2)[C@@H]1C)C1CCCCC1. The number of hydrogen-bond acceptors (Lipinski definition) is 5. The summed E-state index contributed by atoms with van der Waals surface area (Å²) in [6, 6.07) is 2.57. The lowest BCUT2D eigenvalue weighted by atomic mass is 9.93. The number of nitrogens with one attached hydrogen (secondary N) is 1. The van der Waals surface area contributed by atoms with Crippen LogP contribution in [0.4, 0.5) is 37.0 Å². The van der Waals surface area contributed by atoms with Crippen molar-refractivity contribution in [3.05, 3.63) is 65.1 Å². The number of hydrogen-bond donors (Lipinski definition) is 1. The van der Waals surface area contributed by atoms with E-state index in [-0.39, 0.29) is 24.2 Å². The summed E-state index contributed by atoms with van der Waals surface area (Å²) < 4.78 is 86.5. The van der Waals surface area contributed by atoms with Crippen LogP contribution in [-0.4, -0.2) is 44.8 Å². The Morgan fingerprint density at radius 3 is 2.21 bits per heavy atom. The van der Waals surface area contributed by atoms with Gasteiger partial charge in [-0.25, -0.2) is 9.78 Å². The van der Waals surface area contributed by atoms with Crippen molar-refractivity contribution in [2.45, 2.75) is 83.0 Å². The Morgan fingerprint density at radius 1 is 0.976 bits per heavy atom. The Bertz CT molecular complexity index is 1370. The molecule has 13 heteroatoms. The highest BCUT2D eigenvalue weighted by Gasteiger charge is 2.43. The third-order valence-electron chi connectivity index (χ3n) is 8.07. The van der Waals surface area contributed by atoms with Crippen molar-refractivity contribution in [2.24, 2.45) is 0 Å². The van der Waals surface area contributed by atoms with Crippen molar-refractivity contribution in [2.75, 3.05) is 11.4 Å². The molecule has 42 heavy (non-hydrogen) atoms. The summed E-state index contributed by atoms with van der Waals surface area (Å²) >= 11 is 0. The van der Waals surface area contributed by atoms with Crippen LogP contribution in [0.2, 0.25) is 0 Å². The van der Waals surface area contributed by atoms with Gasteiger partial charge in [-0.15, -0.1) is 0 Å². The van der Waals surface area contributed by atoms with E-state index in [1.165, 1.54) is 4.90 Å². The molecule has 2 atom stereocenters. The first kappa shape index (κ1) is 29.7. The molecule has 1 N–H and O–H groups in total. The number of pyridine rings is 1. The first-order valence-electron chi connectivity index (χ1n) is 13.9. The fourth-order valence-corrected chi connectivity index (χ4v) is 5.90. The molecule has 0 bridgehead atoms. The standard InChI is InChI=1S/C29H31F6N5O2/c1-3-39(24-7-5-4-6-8-24)26-20(9-19(13-36-26)21-14-37-38-15-21)16-40-17(2)25(42-27(40)41)18-10-22(28(30,31)32)12-23(11-18)29(33,34)35/h9-15,17,24-25H,3-8,16H2,1-2H3,(H,37,38)/t17-,25?/m0/s1. The third-order valence-corrected chi connectivity index (χ3v) is 8.07. The zero-order valence-electron chi connectivity index (χ0n) is 23.1. The number of nitrogens with zero attached hydrogens (tertiary/aromatic N) is 4. The van der Waals surface area contributed by atoms with Gasteiger partial charge in [0, 0.05) is 41.7 Å². The van der Waals surface area contributed by atoms with E-state index >= 15 is 0 Å². The number of anilines is 1. The molecule has 1 aliphatic heterocycles. The predicted octanol–water partition coefficient (Wildman–Crippen LogP) is 7.75. The second kappa shape index (κ2) is 11.5. The van der Waals surface area contributed by atoms with Crippen LogP contribution in [0.3, 0.4) is 0 Å². The van der Waals surface area contributed by atoms with Crippen LogP contribution in [0.25, 0.3) is 11.1 Å². The van der Waals surface area contributed by atoms with Gasteiger partial charge in [0.25, 0.3) is 0 Å². The topological polar surface area (TPSA) is 74.4 Å². The zero-order valence-corrected chi connectivity index (χ0v) is 23.1. The normalized spacial score (nSPS) is 20.2. The van der Waals surface area contributed by atoms with E-state index < -0.39 is 41.7 Å². The lowest BCUT2D eigenvalue weighted by Gasteiger charge is -2.36. The van der Waals surface area contributed by atoms with Crippen molar-refractivity contribution in [3.8, 4) is 11.1 Å². The van der Waals surface area contributed by atoms with Gasteiger partial charge >= 0.3 is 18.4 Å². The number of aromatic nitrogens is 3. The lowest BCUT2D eigenvalue weighted by Crippen LogP contribution is -2.39. The molecule has 1 aromatic carbocycles. The third kappa shape index (κ3) is 6.05. The minimum Gasteiger partial charge on any atom is -0.439 e. The summed E-state index contributed by atoms with van der Waals surface area (Å²) in [5.74, 6) is 0.679. The number of rotatable bonds is 7. The summed E-state index contributed by atoms with van der Waals surface area (Å²) in [6.07, 6.45) is -1.79. The number of amides is 1. The molecule has 1 saturated heterocycles. The van der Waals surface area contributed by atoms with Gasteiger partial charge in [-0.05, 0) is 56.5 Å². The van der Waals surface area contributed by atoms with Crippen molar-refractivity contribution < 1.29 is 35.9 Å². The molecule has 2 fully saturated rings. The van der Waals surface area contributed by atoms with E-state index in [1.807, 2.05) is 13.0 Å². The van der Waals surface area contributed by atoms with E-state index in [1.54, 1.807) is 25.5 Å². The Balaban J connectivity index is 1.50. The smallest absolute Gasteiger partial charge is 0.416 e. The second-order valence-electron chi connectivity index (χ2n) is 10.8. The zero-order chi connectivity index (χ0) is 30.2. The van der Waals surface area contributed by atoms with Crippen LogP contribution in [0.5, 0.6) is 0 Å². The van der Waals surface area contributed by atoms with E-state index in [0.29, 0.717) is 30.1 Å². The summed E-state index contributed by atoms with van der Waals surface area (Å²) in [5.41, 5.74) is -1.09. The Hall–Kier alpha value is -3.77. The summed E-state index contributed by atoms with van der Waals surface area (Å²) in [6.45, 7) is 4.25. The van der Waals surface area contributed by atoms with Gasteiger partial charge in [0.05, 0.1) is 29.9 Å². The van der Waals surface area contributed by atoms with Crippen LogP contribution < -0.4 is 4.90 Å². The number of carbonyl (C=O) groups is 1. The monoisotopic (exact) mass is 595 g/mol. The van der Waals surface area contributed by atoms with E-state index in [0.717, 1.165) is 43.2 Å². The minimum atomic E-state index is -5.02. The van der Waals surface area contributed by atoms with Gasteiger partial charge in [-0.2, -0.15) is 31.4 Å². The van der Waals surface area contributed by atoms with Crippen LogP contribution in [-0.2, 0) is 23.6 Å².